The molecule has 0 saturated carbocycles. The molecule has 0 heterocycles. The van der Waals surface area contributed by atoms with Gasteiger partial charge in [-0.1, -0.05) is 97.1 Å². The number of methoxy groups -OCH3 is 4. The number of carbonyl (C=O) groups excluding carboxylic acids is 2. The maximum atomic E-state index is 14.4. The summed E-state index contributed by atoms with van der Waals surface area (Å²) in [6.45, 7) is 1.76. The van der Waals surface area contributed by atoms with E-state index in [1.807, 2.05) is 72.8 Å². The van der Waals surface area contributed by atoms with Gasteiger partial charge in [0.05, 0.1) is 26.4 Å². The van der Waals surface area contributed by atoms with Crippen LogP contribution in [0.2, 0.25) is 0 Å². The van der Waals surface area contributed by atoms with Crippen LogP contribution in [-0.4, -0.2) is 40.0 Å². The summed E-state index contributed by atoms with van der Waals surface area (Å²) in [7, 11) is 6.53. The lowest BCUT2D eigenvalue weighted by atomic mass is 9.84. The molecule has 0 saturated heterocycles. The van der Waals surface area contributed by atoms with Gasteiger partial charge in [0.1, 0.15) is 0 Å². The fraction of sp³-hybridized carbons (Fsp3) is 0.222. The molecule has 0 bridgehead atoms. The van der Waals surface area contributed by atoms with Gasteiger partial charge in [-0.05, 0) is 33.4 Å². The van der Waals surface area contributed by atoms with Crippen LogP contribution in [0, 0.1) is 0 Å². The minimum Gasteiger partial charge on any atom is -0.380 e. The Morgan fingerprint density at radius 3 is 0.810 bits per heavy atom. The second-order valence-electron chi connectivity index (χ2n) is 9.93. The number of ketones is 2. The number of ether oxygens (including phenoxy) is 4. The Hall–Kier alpha value is -4.20. The van der Waals surface area contributed by atoms with Crippen molar-refractivity contribution < 1.29 is 28.5 Å². The second-order valence-corrected chi connectivity index (χ2v) is 9.93. The third kappa shape index (κ3) is 7.55. The fourth-order valence-electron chi connectivity index (χ4n) is 4.77. The molecule has 0 aliphatic rings. The van der Waals surface area contributed by atoms with Crippen molar-refractivity contribution in [1.82, 2.24) is 0 Å². The Morgan fingerprint density at radius 1 is 0.381 bits per heavy atom. The van der Waals surface area contributed by atoms with Crippen molar-refractivity contribution in [2.24, 2.45) is 0 Å². The summed E-state index contributed by atoms with van der Waals surface area (Å²) >= 11 is 0. The molecule has 4 aromatic rings. The van der Waals surface area contributed by atoms with E-state index in [2.05, 4.69) is 0 Å². The molecule has 0 atom stereocenters. The largest absolute Gasteiger partial charge is 0.380 e. The van der Waals surface area contributed by atoms with Gasteiger partial charge in [0.25, 0.3) is 0 Å². The van der Waals surface area contributed by atoms with Crippen molar-refractivity contribution in [2.75, 3.05) is 28.4 Å². The normalized spacial score (nSPS) is 11.7. The Kier molecular flexibility index (Phi) is 11.1. The van der Waals surface area contributed by atoms with Gasteiger partial charge in [0.15, 0.2) is 11.6 Å². The number of Topliss-reactive ketones (excluding diaryl/α,β-unsaturated/α-hetero) is 2. The smallest absolute Gasteiger partial charge is 0.194 e. The van der Waals surface area contributed by atoms with E-state index in [9.17, 15) is 9.59 Å². The van der Waals surface area contributed by atoms with Crippen LogP contribution in [0.25, 0.3) is 11.1 Å². The van der Waals surface area contributed by atoms with Gasteiger partial charge in [0.2, 0.25) is 0 Å². The van der Waals surface area contributed by atoms with Crippen molar-refractivity contribution in [2.45, 2.75) is 26.4 Å². The molecule has 6 nitrogen and oxygen atoms in total. The van der Waals surface area contributed by atoms with E-state index in [0.717, 1.165) is 22.3 Å². The molecule has 0 radical (unpaired) electrons. The zero-order chi connectivity index (χ0) is 29.9. The van der Waals surface area contributed by atoms with Crippen molar-refractivity contribution >= 4 is 22.7 Å². The van der Waals surface area contributed by atoms with Crippen molar-refractivity contribution in [3.05, 3.63) is 142 Å². The average molecular weight is 565 g/mol. The molecule has 0 amide bonds. The van der Waals surface area contributed by atoms with E-state index in [0.29, 0.717) is 59.8 Å². The molecule has 0 fully saturated rings. The van der Waals surface area contributed by atoms with Gasteiger partial charge in [-0.15, -0.1) is 0 Å². The van der Waals surface area contributed by atoms with Crippen LogP contribution < -0.4 is 0 Å². The molecule has 0 aliphatic carbocycles. The summed E-state index contributed by atoms with van der Waals surface area (Å²) in [4.78, 5) is 28.8. The van der Waals surface area contributed by atoms with Gasteiger partial charge in [0, 0.05) is 50.7 Å². The number of rotatable bonds is 14. The van der Waals surface area contributed by atoms with E-state index >= 15 is 0 Å². The minimum absolute atomic E-state index is 0.251. The number of hydrogen-bond acceptors (Lipinski definition) is 6. The summed E-state index contributed by atoms with van der Waals surface area (Å²) in [5.74, 6) is -0.502. The zero-order valence-electron chi connectivity index (χ0n) is 24.5. The molecule has 0 N–H and O–H groups in total. The highest BCUT2D eigenvalue weighted by Crippen LogP contribution is 2.33. The van der Waals surface area contributed by atoms with Crippen LogP contribution >= 0.6 is 0 Å². The number of carbonyl (C=O) groups is 2. The van der Waals surface area contributed by atoms with E-state index in [-0.39, 0.29) is 11.6 Å². The first-order valence-corrected chi connectivity index (χ1v) is 13.6. The third-order valence-corrected chi connectivity index (χ3v) is 6.87. The van der Waals surface area contributed by atoms with Crippen molar-refractivity contribution in [3.63, 3.8) is 0 Å². The molecule has 4 rings (SSSR count). The van der Waals surface area contributed by atoms with Gasteiger partial charge in [-0.2, -0.15) is 0 Å². The Balaban J connectivity index is 1.95. The number of benzene rings is 4. The predicted octanol–water partition coefficient (Wildman–Crippen LogP) is 6.95. The molecule has 216 valence electrons. The van der Waals surface area contributed by atoms with Crippen LogP contribution in [0.15, 0.2) is 97.1 Å². The lowest BCUT2D eigenvalue weighted by Crippen LogP contribution is -2.13. The van der Waals surface area contributed by atoms with E-state index in [1.54, 1.807) is 52.7 Å². The lowest BCUT2D eigenvalue weighted by Gasteiger charge is -2.17. The van der Waals surface area contributed by atoms with Gasteiger partial charge >= 0.3 is 0 Å². The molecule has 0 aromatic heterocycles. The maximum absolute atomic E-state index is 14.4. The van der Waals surface area contributed by atoms with E-state index < -0.39 is 0 Å². The quantitative estimate of drug-likeness (QED) is 0.0938. The van der Waals surface area contributed by atoms with E-state index in [4.69, 9.17) is 18.9 Å². The topological polar surface area (TPSA) is 71.1 Å². The highest BCUT2D eigenvalue weighted by atomic mass is 16.5. The SMILES string of the molecule is COCc1ccc(C(=O)/C(=C(\C(=O)c2ccc(COC)cc2)c2ccc(COC)cc2)c2ccc(COC)cc2)cc1. The summed E-state index contributed by atoms with van der Waals surface area (Å²) in [5.41, 5.74) is 6.69. The highest BCUT2D eigenvalue weighted by molar-refractivity contribution is 6.46. The fourth-order valence-corrected chi connectivity index (χ4v) is 4.77. The minimum atomic E-state index is -0.251. The molecule has 4 aromatic carbocycles. The molecular weight excluding hydrogens is 528 g/mol. The van der Waals surface area contributed by atoms with Crippen LogP contribution in [0.3, 0.4) is 0 Å². The molecule has 0 aliphatic heterocycles. The molecule has 0 unspecified atom stereocenters. The molecular formula is C36H36O6. The summed E-state index contributed by atoms with van der Waals surface area (Å²) in [6, 6.07) is 29.7. The standard InChI is InChI=1S/C36H36O6/c1-39-21-25-5-13-29(14-6-25)33(35(37)31-17-9-27(10-18-31)23-41-3)34(30-15-7-26(8-16-30)22-40-2)36(38)32-19-11-28(12-20-32)24-42-4/h5-20H,21-24H2,1-4H3/b34-33-. The van der Waals surface area contributed by atoms with E-state index in [1.165, 1.54) is 0 Å². The van der Waals surface area contributed by atoms with Gasteiger partial charge in [-0.3, -0.25) is 9.59 Å². The zero-order valence-corrected chi connectivity index (χ0v) is 24.5. The first-order valence-electron chi connectivity index (χ1n) is 13.6. The molecule has 0 spiro atoms. The predicted molar refractivity (Wildman–Crippen MR) is 164 cm³/mol. The Morgan fingerprint density at radius 2 is 0.595 bits per heavy atom. The summed E-state index contributed by atoms with van der Waals surface area (Å²) in [5, 5.41) is 0. The van der Waals surface area contributed by atoms with Gasteiger partial charge in [-0.25, -0.2) is 0 Å². The van der Waals surface area contributed by atoms with Gasteiger partial charge < -0.3 is 18.9 Å². The van der Waals surface area contributed by atoms with Crippen LogP contribution in [0.4, 0.5) is 0 Å². The molecule has 42 heavy (non-hydrogen) atoms. The van der Waals surface area contributed by atoms with Crippen LogP contribution in [0.5, 0.6) is 0 Å². The summed E-state index contributed by atoms with van der Waals surface area (Å²) < 4.78 is 21.0. The number of hydrogen-bond donors (Lipinski definition) is 0. The maximum Gasteiger partial charge on any atom is 0.194 e. The second kappa shape index (κ2) is 15.1. The monoisotopic (exact) mass is 564 g/mol. The average Bonchev–Trinajstić information content (AvgIpc) is 3.02. The van der Waals surface area contributed by atoms with Crippen molar-refractivity contribution in [1.29, 1.82) is 0 Å². The lowest BCUT2D eigenvalue weighted by molar-refractivity contribution is 0.103. The van der Waals surface area contributed by atoms with Crippen LogP contribution in [0.1, 0.15) is 54.1 Å². The highest BCUT2D eigenvalue weighted by Gasteiger charge is 2.26. The van der Waals surface area contributed by atoms with Crippen molar-refractivity contribution in [3.8, 4) is 0 Å². The Bertz CT molecular complexity index is 1380. The molecule has 6 heteroatoms. The summed E-state index contributed by atoms with van der Waals surface area (Å²) in [6.07, 6.45) is 0. The first kappa shape index (κ1) is 30.8. The van der Waals surface area contributed by atoms with Crippen LogP contribution in [-0.2, 0) is 45.4 Å². The third-order valence-electron chi connectivity index (χ3n) is 6.87. The first-order chi connectivity index (χ1) is 20.5. The Labute approximate surface area is 247 Å². The number of allylic oxidation sites excluding steroid dienone is 2.